The number of nitrogens with one attached hydrogen (secondary N) is 1. The minimum atomic E-state index is -0.895. The maximum Gasteiger partial charge on any atom is 0.307 e. The highest BCUT2D eigenvalue weighted by atomic mass is 32.1. The highest BCUT2D eigenvalue weighted by molar-refractivity contribution is 7.10. The summed E-state index contributed by atoms with van der Waals surface area (Å²) in [5, 5.41) is 14.0. The molecule has 0 spiro atoms. The van der Waals surface area contributed by atoms with E-state index >= 15 is 0 Å². The number of aliphatic carboxylic acids is 1. The highest BCUT2D eigenvalue weighted by Gasteiger charge is 2.34. The Morgan fingerprint density at radius 3 is 2.63 bits per heavy atom. The predicted molar refractivity (Wildman–Crippen MR) is 73.9 cm³/mol. The summed E-state index contributed by atoms with van der Waals surface area (Å²) in [6, 6.07) is 3.82. The van der Waals surface area contributed by atoms with Gasteiger partial charge in [-0.25, -0.2) is 0 Å². The van der Waals surface area contributed by atoms with Gasteiger partial charge in [-0.2, -0.15) is 0 Å². The van der Waals surface area contributed by atoms with Crippen molar-refractivity contribution in [2.75, 3.05) is 0 Å². The number of rotatable bonds is 4. The molecule has 2 rings (SSSR count). The average Bonchev–Trinajstić information content (AvgIpc) is 2.92. The van der Waals surface area contributed by atoms with Crippen molar-refractivity contribution in [3.63, 3.8) is 0 Å². The van der Waals surface area contributed by atoms with Crippen molar-refractivity contribution in [2.45, 2.75) is 25.8 Å². The predicted octanol–water partition coefficient (Wildman–Crippen LogP) is 2.59. The standard InChI is InChI=1S/C14H17NO3S/c1-9(12-7-4-8-19-12)15-13(16)10-5-2-3-6-11(10)14(17)18/h2-4,7-11H,5-6H2,1H3,(H,15,16)(H,17,18)/t9-,10?,11?/m1/s1. The molecule has 102 valence electrons. The number of carbonyl (C=O) groups is 2. The van der Waals surface area contributed by atoms with Gasteiger partial charge in [-0.3, -0.25) is 9.59 Å². The Balaban J connectivity index is 2.02. The second kappa shape index (κ2) is 6.02. The summed E-state index contributed by atoms with van der Waals surface area (Å²) in [5.41, 5.74) is 0. The van der Waals surface area contributed by atoms with E-state index in [1.54, 1.807) is 11.3 Å². The maximum atomic E-state index is 12.2. The Labute approximate surface area is 116 Å². The molecule has 1 aromatic rings. The summed E-state index contributed by atoms with van der Waals surface area (Å²) >= 11 is 1.58. The molecule has 0 aromatic carbocycles. The Morgan fingerprint density at radius 2 is 2.05 bits per heavy atom. The van der Waals surface area contributed by atoms with Crippen molar-refractivity contribution in [2.24, 2.45) is 11.8 Å². The first kappa shape index (κ1) is 13.8. The van der Waals surface area contributed by atoms with Gasteiger partial charge < -0.3 is 10.4 Å². The summed E-state index contributed by atoms with van der Waals surface area (Å²) in [6.45, 7) is 1.91. The number of amides is 1. The van der Waals surface area contributed by atoms with Crippen LogP contribution in [0.15, 0.2) is 29.7 Å². The Kier molecular flexibility index (Phi) is 4.37. The number of hydrogen-bond acceptors (Lipinski definition) is 3. The van der Waals surface area contributed by atoms with Gasteiger partial charge in [0.15, 0.2) is 0 Å². The monoisotopic (exact) mass is 279 g/mol. The third-order valence-corrected chi connectivity index (χ3v) is 4.47. The zero-order valence-corrected chi connectivity index (χ0v) is 11.5. The van der Waals surface area contributed by atoms with Crippen molar-refractivity contribution in [1.82, 2.24) is 5.32 Å². The number of allylic oxidation sites excluding steroid dienone is 2. The van der Waals surface area contributed by atoms with Gasteiger partial charge in [0.25, 0.3) is 0 Å². The fourth-order valence-corrected chi connectivity index (χ4v) is 3.04. The van der Waals surface area contributed by atoms with Crippen molar-refractivity contribution in [3.8, 4) is 0 Å². The molecule has 3 atom stereocenters. The molecule has 1 heterocycles. The van der Waals surface area contributed by atoms with Gasteiger partial charge in [0.2, 0.25) is 5.91 Å². The van der Waals surface area contributed by atoms with Crippen LogP contribution in [0.1, 0.15) is 30.7 Å². The van der Waals surface area contributed by atoms with Crippen LogP contribution in [0.5, 0.6) is 0 Å². The summed E-state index contributed by atoms with van der Waals surface area (Å²) < 4.78 is 0. The molecule has 19 heavy (non-hydrogen) atoms. The molecular weight excluding hydrogens is 262 g/mol. The molecular formula is C14H17NO3S. The molecule has 4 nitrogen and oxygen atoms in total. The van der Waals surface area contributed by atoms with Gasteiger partial charge in [0.1, 0.15) is 0 Å². The zero-order chi connectivity index (χ0) is 13.8. The van der Waals surface area contributed by atoms with Gasteiger partial charge in [0, 0.05) is 4.88 Å². The zero-order valence-electron chi connectivity index (χ0n) is 10.7. The topological polar surface area (TPSA) is 66.4 Å². The third-order valence-electron chi connectivity index (χ3n) is 3.42. The molecule has 1 aliphatic carbocycles. The lowest BCUT2D eigenvalue weighted by atomic mass is 9.82. The number of carbonyl (C=O) groups excluding carboxylic acids is 1. The van der Waals surface area contributed by atoms with Crippen LogP contribution in [0.4, 0.5) is 0 Å². The minimum Gasteiger partial charge on any atom is -0.481 e. The molecule has 0 saturated carbocycles. The van der Waals surface area contributed by atoms with E-state index in [2.05, 4.69) is 5.32 Å². The summed E-state index contributed by atoms with van der Waals surface area (Å²) in [7, 11) is 0. The van der Waals surface area contributed by atoms with Crippen LogP contribution in [-0.2, 0) is 9.59 Å². The van der Waals surface area contributed by atoms with E-state index < -0.39 is 17.8 Å². The van der Waals surface area contributed by atoms with Gasteiger partial charge in [-0.15, -0.1) is 11.3 Å². The maximum absolute atomic E-state index is 12.2. The quantitative estimate of drug-likeness (QED) is 0.832. The molecule has 0 aliphatic heterocycles. The van der Waals surface area contributed by atoms with Crippen molar-refractivity contribution < 1.29 is 14.7 Å². The molecule has 1 aliphatic rings. The van der Waals surface area contributed by atoms with Gasteiger partial charge in [-0.1, -0.05) is 18.2 Å². The lowest BCUT2D eigenvalue weighted by molar-refractivity contribution is -0.147. The van der Waals surface area contributed by atoms with E-state index in [9.17, 15) is 9.59 Å². The highest BCUT2D eigenvalue weighted by Crippen LogP contribution is 2.27. The minimum absolute atomic E-state index is 0.0761. The van der Waals surface area contributed by atoms with Gasteiger partial charge >= 0.3 is 5.97 Å². The first-order valence-corrected chi connectivity index (χ1v) is 7.19. The van der Waals surface area contributed by atoms with E-state index in [0.717, 1.165) is 4.88 Å². The van der Waals surface area contributed by atoms with Crippen molar-refractivity contribution >= 4 is 23.2 Å². The summed E-state index contributed by atoms with van der Waals surface area (Å²) in [6.07, 6.45) is 4.66. The number of hydrogen-bond donors (Lipinski definition) is 2. The van der Waals surface area contributed by atoms with Crippen LogP contribution in [0, 0.1) is 11.8 Å². The van der Waals surface area contributed by atoms with E-state index in [0.29, 0.717) is 12.8 Å². The van der Waals surface area contributed by atoms with Crippen LogP contribution >= 0.6 is 11.3 Å². The molecule has 0 fully saturated rings. The second-order valence-corrected chi connectivity index (χ2v) is 5.72. The first-order chi connectivity index (χ1) is 9.09. The second-order valence-electron chi connectivity index (χ2n) is 4.74. The fraction of sp³-hybridized carbons (Fsp3) is 0.429. The normalized spacial score (nSPS) is 23.8. The number of carboxylic acid groups (broad SMARTS) is 1. The fourth-order valence-electron chi connectivity index (χ4n) is 2.31. The van der Waals surface area contributed by atoms with Crippen LogP contribution in [-0.4, -0.2) is 17.0 Å². The smallest absolute Gasteiger partial charge is 0.307 e. The molecule has 0 radical (unpaired) electrons. The Bertz CT molecular complexity index is 481. The molecule has 1 aromatic heterocycles. The lowest BCUT2D eigenvalue weighted by Crippen LogP contribution is -2.39. The third kappa shape index (κ3) is 3.23. The van der Waals surface area contributed by atoms with E-state index in [4.69, 9.17) is 5.11 Å². The number of carboxylic acids is 1. The Morgan fingerprint density at radius 1 is 1.37 bits per heavy atom. The van der Waals surface area contributed by atoms with Crippen LogP contribution in [0.25, 0.3) is 0 Å². The van der Waals surface area contributed by atoms with Crippen molar-refractivity contribution in [3.05, 3.63) is 34.5 Å². The van der Waals surface area contributed by atoms with Gasteiger partial charge in [-0.05, 0) is 31.2 Å². The summed E-state index contributed by atoms with van der Waals surface area (Å²) in [4.78, 5) is 24.5. The molecule has 2 unspecified atom stereocenters. The van der Waals surface area contributed by atoms with Crippen molar-refractivity contribution in [1.29, 1.82) is 0 Å². The average molecular weight is 279 g/mol. The molecule has 5 heteroatoms. The van der Waals surface area contributed by atoms with E-state index in [1.807, 2.05) is 36.6 Å². The van der Waals surface area contributed by atoms with E-state index in [1.165, 1.54) is 0 Å². The summed E-state index contributed by atoms with van der Waals surface area (Å²) in [5.74, 6) is -2.14. The molecule has 0 saturated heterocycles. The van der Waals surface area contributed by atoms with Crippen LogP contribution < -0.4 is 5.32 Å². The van der Waals surface area contributed by atoms with Gasteiger partial charge in [0.05, 0.1) is 17.9 Å². The molecule has 1 amide bonds. The lowest BCUT2D eigenvalue weighted by Gasteiger charge is -2.25. The molecule has 2 N–H and O–H groups in total. The largest absolute Gasteiger partial charge is 0.481 e. The molecule has 0 bridgehead atoms. The SMILES string of the molecule is C[C@@H](NC(=O)C1CC=CCC1C(=O)O)c1cccs1. The Hall–Kier alpha value is -1.62. The first-order valence-electron chi connectivity index (χ1n) is 6.31. The van der Waals surface area contributed by atoms with E-state index in [-0.39, 0.29) is 11.9 Å². The number of thiophene rings is 1. The van der Waals surface area contributed by atoms with Crippen LogP contribution in [0.3, 0.4) is 0 Å². The van der Waals surface area contributed by atoms with Crippen LogP contribution in [0.2, 0.25) is 0 Å².